The molecule has 0 fully saturated rings. The standard InChI is InChI=1S/C15H17NO/c1-16-15(17)8-4-5-12-9-10-13-6-2-3-7-14(13)11-12/h2-3,6-7,9-11H,4-5,8H2,1H3,(H,16,17). The first kappa shape index (κ1) is 11.6. The van der Waals surface area contributed by atoms with Gasteiger partial charge in [0.05, 0.1) is 0 Å². The molecule has 1 N–H and O–H groups in total. The highest BCUT2D eigenvalue weighted by molar-refractivity contribution is 5.83. The minimum atomic E-state index is 0.116. The van der Waals surface area contributed by atoms with Crippen LogP contribution >= 0.6 is 0 Å². The molecule has 0 spiro atoms. The van der Waals surface area contributed by atoms with E-state index in [0.29, 0.717) is 6.42 Å². The summed E-state index contributed by atoms with van der Waals surface area (Å²) >= 11 is 0. The van der Waals surface area contributed by atoms with Gasteiger partial charge in [0.2, 0.25) is 5.91 Å². The molecular formula is C15H17NO. The summed E-state index contributed by atoms with van der Waals surface area (Å²) in [6.07, 6.45) is 2.46. The van der Waals surface area contributed by atoms with Gasteiger partial charge in [-0.15, -0.1) is 0 Å². The fourth-order valence-corrected chi connectivity index (χ4v) is 1.97. The van der Waals surface area contributed by atoms with Crippen LogP contribution in [0.15, 0.2) is 42.5 Å². The van der Waals surface area contributed by atoms with Crippen LogP contribution in [0.1, 0.15) is 18.4 Å². The van der Waals surface area contributed by atoms with Gasteiger partial charge in [-0.25, -0.2) is 0 Å². The number of carbonyl (C=O) groups is 1. The third-order valence-electron chi connectivity index (χ3n) is 2.96. The SMILES string of the molecule is CNC(=O)CCCc1ccc2ccccc2c1. The Hall–Kier alpha value is -1.83. The molecule has 0 saturated heterocycles. The van der Waals surface area contributed by atoms with E-state index in [1.165, 1.54) is 16.3 Å². The zero-order chi connectivity index (χ0) is 12.1. The molecule has 88 valence electrons. The van der Waals surface area contributed by atoms with E-state index < -0.39 is 0 Å². The van der Waals surface area contributed by atoms with Crippen molar-refractivity contribution in [3.63, 3.8) is 0 Å². The number of rotatable bonds is 4. The predicted octanol–water partition coefficient (Wildman–Crippen LogP) is 2.91. The highest BCUT2D eigenvalue weighted by atomic mass is 16.1. The van der Waals surface area contributed by atoms with E-state index in [1.807, 2.05) is 6.07 Å². The van der Waals surface area contributed by atoms with Crippen LogP contribution < -0.4 is 5.32 Å². The van der Waals surface area contributed by atoms with E-state index in [1.54, 1.807) is 7.05 Å². The minimum absolute atomic E-state index is 0.116. The van der Waals surface area contributed by atoms with Gasteiger partial charge in [0.1, 0.15) is 0 Å². The lowest BCUT2D eigenvalue weighted by atomic mass is 10.0. The van der Waals surface area contributed by atoms with E-state index in [0.717, 1.165) is 12.8 Å². The van der Waals surface area contributed by atoms with Crippen LogP contribution in [0, 0.1) is 0 Å². The average Bonchev–Trinajstić information content (AvgIpc) is 2.38. The van der Waals surface area contributed by atoms with Crippen molar-refractivity contribution in [2.75, 3.05) is 7.05 Å². The molecule has 0 aliphatic carbocycles. The highest BCUT2D eigenvalue weighted by Crippen LogP contribution is 2.16. The van der Waals surface area contributed by atoms with Crippen molar-refractivity contribution in [1.29, 1.82) is 0 Å². The summed E-state index contributed by atoms with van der Waals surface area (Å²) in [5, 5.41) is 5.18. The van der Waals surface area contributed by atoms with Gasteiger partial charge in [-0.3, -0.25) is 4.79 Å². The first-order valence-corrected chi connectivity index (χ1v) is 5.98. The molecule has 0 bridgehead atoms. The van der Waals surface area contributed by atoms with Crippen LogP contribution in [0.4, 0.5) is 0 Å². The van der Waals surface area contributed by atoms with Crippen LogP contribution in [0.2, 0.25) is 0 Å². The molecule has 2 nitrogen and oxygen atoms in total. The Kier molecular flexibility index (Phi) is 3.76. The van der Waals surface area contributed by atoms with E-state index in [9.17, 15) is 4.79 Å². The van der Waals surface area contributed by atoms with Crippen molar-refractivity contribution in [3.8, 4) is 0 Å². The summed E-state index contributed by atoms with van der Waals surface area (Å²) in [5.41, 5.74) is 1.30. The van der Waals surface area contributed by atoms with E-state index in [2.05, 4.69) is 41.7 Å². The Morgan fingerprint density at radius 2 is 1.88 bits per heavy atom. The van der Waals surface area contributed by atoms with Crippen LogP contribution in [0.25, 0.3) is 10.8 Å². The number of amides is 1. The summed E-state index contributed by atoms with van der Waals surface area (Å²) in [7, 11) is 1.68. The number of hydrogen-bond donors (Lipinski definition) is 1. The second kappa shape index (κ2) is 5.48. The Morgan fingerprint density at radius 1 is 1.12 bits per heavy atom. The van der Waals surface area contributed by atoms with Gasteiger partial charge < -0.3 is 5.32 Å². The van der Waals surface area contributed by atoms with Crippen LogP contribution in [-0.2, 0) is 11.2 Å². The fourth-order valence-electron chi connectivity index (χ4n) is 1.97. The molecule has 0 radical (unpaired) electrons. The third-order valence-corrected chi connectivity index (χ3v) is 2.96. The third kappa shape index (κ3) is 3.06. The van der Waals surface area contributed by atoms with Crippen molar-refractivity contribution in [2.45, 2.75) is 19.3 Å². The molecule has 2 rings (SSSR count). The normalized spacial score (nSPS) is 10.4. The van der Waals surface area contributed by atoms with Gasteiger partial charge in [0.15, 0.2) is 0 Å². The molecule has 0 aliphatic rings. The largest absolute Gasteiger partial charge is 0.359 e. The number of aryl methyl sites for hydroxylation is 1. The summed E-state index contributed by atoms with van der Waals surface area (Å²) < 4.78 is 0. The van der Waals surface area contributed by atoms with Crippen molar-refractivity contribution in [1.82, 2.24) is 5.32 Å². The van der Waals surface area contributed by atoms with Crippen LogP contribution in [0.3, 0.4) is 0 Å². The Balaban J connectivity index is 2.02. The smallest absolute Gasteiger partial charge is 0.219 e. The maximum Gasteiger partial charge on any atom is 0.219 e. The van der Waals surface area contributed by atoms with Crippen molar-refractivity contribution < 1.29 is 4.79 Å². The second-order valence-corrected chi connectivity index (χ2v) is 4.21. The highest BCUT2D eigenvalue weighted by Gasteiger charge is 2.00. The number of nitrogens with one attached hydrogen (secondary N) is 1. The Labute approximate surface area is 102 Å². The zero-order valence-electron chi connectivity index (χ0n) is 10.1. The maximum atomic E-state index is 11.1. The quantitative estimate of drug-likeness (QED) is 0.855. The molecule has 0 atom stereocenters. The molecule has 17 heavy (non-hydrogen) atoms. The van der Waals surface area contributed by atoms with Gasteiger partial charge in [0.25, 0.3) is 0 Å². The lowest BCUT2D eigenvalue weighted by Crippen LogP contribution is -2.17. The summed E-state index contributed by atoms with van der Waals surface area (Å²) in [6.45, 7) is 0. The van der Waals surface area contributed by atoms with Gasteiger partial charge >= 0.3 is 0 Å². The molecule has 0 heterocycles. The number of carbonyl (C=O) groups excluding carboxylic acids is 1. The molecule has 2 aromatic rings. The number of fused-ring (bicyclic) bond motifs is 1. The summed E-state index contributed by atoms with van der Waals surface area (Å²) in [6, 6.07) is 14.8. The minimum Gasteiger partial charge on any atom is -0.359 e. The average molecular weight is 227 g/mol. The molecule has 0 aromatic heterocycles. The van der Waals surface area contributed by atoms with Gasteiger partial charge in [-0.05, 0) is 29.2 Å². The second-order valence-electron chi connectivity index (χ2n) is 4.21. The monoisotopic (exact) mass is 227 g/mol. The molecule has 0 aliphatic heterocycles. The first-order chi connectivity index (χ1) is 8.29. The predicted molar refractivity (Wildman–Crippen MR) is 71.0 cm³/mol. The molecule has 0 saturated carbocycles. The summed E-state index contributed by atoms with van der Waals surface area (Å²) in [5.74, 6) is 0.116. The van der Waals surface area contributed by atoms with Crippen molar-refractivity contribution >= 4 is 16.7 Å². The van der Waals surface area contributed by atoms with E-state index in [-0.39, 0.29) is 5.91 Å². The number of benzene rings is 2. The van der Waals surface area contributed by atoms with Crippen molar-refractivity contribution in [2.24, 2.45) is 0 Å². The summed E-state index contributed by atoms with van der Waals surface area (Å²) in [4.78, 5) is 11.1. The lowest BCUT2D eigenvalue weighted by molar-refractivity contribution is -0.120. The number of hydrogen-bond acceptors (Lipinski definition) is 1. The fraction of sp³-hybridized carbons (Fsp3) is 0.267. The topological polar surface area (TPSA) is 29.1 Å². The Bertz CT molecular complexity index is 519. The van der Waals surface area contributed by atoms with Gasteiger partial charge in [-0.2, -0.15) is 0 Å². The molecule has 1 amide bonds. The lowest BCUT2D eigenvalue weighted by Gasteiger charge is -2.03. The van der Waals surface area contributed by atoms with Gasteiger partial charge in [-0.1, -0.05) is 42.5 Å². The Morgan fingerprint density at radius 3 is 2.65 bits per heavy atom. The maximum absolute atomic E-state index is 11.1. The molecule has 2 aromatic carbocycles. The van der Waals surface area contributed by atoms with Crippen LogP contribution in [0.5, 0.6) is 0 Å². The van der Waals surface area contributed by atoms with E-state index in [4.69, 9.17) is 0 Å². The molecule has 0 unspecified atom stereocenters. The zero-order valence-corrected chi connectivity index (χ0v) is 10.1. The first-order valence-electron chi connectivity index (χ1n) is 5.98. The molecule has 2 heteroatoms. The van der Waals surface area contributed by atoms with Gasteiger partial charge in [0, 0.05) is 13.5 Å². The molecular weight excluding hydrogens is 210 g/mol. The van der Waals surface area contributed by atoms with E-state index >= 15 is 0 Å². The van der Waals surface area contributed by atoms with Crippen molar-refractivity contribution in [3.05, 3.63) is 48.0 Å². The van der Waals surface area contributed by atoms with Crippen LogP contribution in [-0.4, -0.2) is 13.0 Å².